The van der Waals surface area contributed by atoms with Crippen LogP contribution in [0.5, 0.6) is 0 Å². The highest BCUT2D eigenvalue weighted by molar-refractivity contribution is 5.78. The molecule has 0 unspecified atom stereocenters. The maximum Gasteiger partial charge on any atom is 0.227 e. The third-order valence-electron chi connectivity index (χ3n) is 3.84. The Labute approximate surface area is 127 Å². The summed E-state index contributed by atoms with van der Waals surface area (Å²) in [6.45, 7) is 4.18. The second-order valence-corrected chi connectivity index (χ2v) is 5.34. The van der Waals surface area contributed by atoms with Crippen molar-refractivity contribution in [2.24, 2.45) is 0 Å². The van der Waals surface area contributed by atoms with Crippen molar-refractivity contribution in [2.45, 2.75) is 13.8 Å². The van der Waals surface area contributed by atoms with Crippen LogP contribution in [0.25, 0.3) is 28.2 Å². The van der Waals surface area contributed by atoms with E-state index in [1.54, 1.807) is 12.7 Å². The van der Waals surface area contributed by atoms with Gasteiger partial charge in [0.2, 0.25) is 5.89 Å². The zero-order chi connectivity index (χ0) is 15.1. The monoisotopic (exact) mass is 290 g/mol. The normalized spacial score (nSPS) is 11.2. The van der Waals surface area contributed by atoms with Crippen LogP contribution in [0, 0.1) is 13.8 Å². The SMILES string of the molecule is Cc1ccc(-c2nc3ccc(-n4cnnc4)cc3o2)cc1C. The highest BCUT2D eigenvalue weighted by atomic mass is 16.3. The summed E-state index contributed by atoms with van der Waals surface area (Å²) < 4.78 is 7.75. The van der Waals surface area contributed by atoms with E-state index in [9.17, 15) is 0 Å². The number of hydrogen-bond donors (Lipinski definition) is 0. The highest BCUT2D eigenvalue weighted by Gasteiger charge is 2.10. The Morgan fingerprint density at radius 3 is 2.50 bits per heavy atom. The van der Waals surface area contributed by atoms with Crippen molar-refractivity contribution in [3.05, 3.63) is 60.2 Å². The van der Waals surface area contributed by atoms with Crippen LogP contribution < -0.4 is 0 Å². The molecule has 0 amide bonds. The molecule has 4 rings (SSSR count). The molecule has 0 radical (unpaired) electrons. The molecule has 0 spiro atoms. The molecule has 0 aliphatic carbocycles. The van der Waals surface area contributed by atoms with Gasteiger partial charge in [-0.2, -0.15) is 0 Å². The molecule has 0 saturated carbocycles. The van der Waals surface area contributed by atoms with Gasteiger partial charge in [0.05, 0.1) is 5.69 Å². The molecule has 0 bridgehead atoms. The molecule has 0 saturated heterocycles. The molecule has 0 aliphatic heterocycles. The van der Waals surface area contributed by atoms with E-state index in [1.165, 1.54) is 11.1 Å². The molecular weight excluding hydrogens is 276 g/mol. The average Bonchev–Trinajstić information content (AvgIpc) is 3.17. The molecule has 0 fully saturated rings. The van der Waals surface area contributed by atoms with Crippen molar-refractivity contribution in [3.63, 3.8) is 0 Å². The first kappa shape index (κ1) is 12.8. The zero-order valence-corrected chi connectivity index (χ0v) is 12.3. The van der Waals surface area contributed by atoms with Crippen LogP contribution in [0.15, 0.2) is 53.5 Å². The first-order chi connectivity index (χ1) is 10.7. The number of aryl methyl sites for hydroxylation is 2. The zero-order valence-electron chi connectivity index (χ0n) is 12.3. The second-order valence-electron chi connectivity index (χ2n) is 5.34. The maximum absolute atomic E-state index is 5.92. The summed E-state index contributed by atoms with van der Waals surface area (Å²) in [4.78, 5) is 4.57. The van der Waals surface area contributed by atoms with Crippen LogP contribution in [0.2, 0.25) is 0 Å². The molecule has 0 aliphatic rings. The second kappa shape index (κ2) is 4.80. The van der Waals surface area contributed by atoms with Crippen LogP contribution in [-0.4, -0.2) is 19.7 Å². The lowest BCUT2D eigenvalue weighted by Crippen LogP contribution is -1.88. The van der Waals surface area contributed by atoms with Crippen molar-refractivity contribution in [2.75, 3.05) is 0 Å². The molecule has 2 aromatic heterocycles. The van der Waals surface area contributed by atoms with Crippen molar-refractivity contribution >= 4 is 11.1 Å². The molecule has 0 N–H and O–H groups in total. The fraction of sp³-hybridized carbons (Fsp3) is 0.118. The molecule has 4 aromatic rings. The molecule has 5 nitrogen and oxygen atoms in total. The van der Waals surface area contributed by atoms with Gasteiger partial charge in [-0.1, -0.05) is 6.07 Å². The van der Waals surface area contributed by atoms with Crippen molar-refractivity contribution in [1.29, 1.82) is 0 Å². The minimum absolute atomic E-state index is 0.638. The van der Waals surface area contributed by atoms with Crippen LogP contribution >= 0.6 is 0 Å². The van der Waals surface area contributed by atoms with E-state index in [0.717, 1.165) is 22.4 Å². The summed E-state index contributed by atoms with van der Waals surface area (Å²) in [5, 5.41) is 7.63. The summed E-state index contributed by atoms with van der Waals surface area (Å²) >= 11 is 0. The van der Waals surface area contributed by atoms with E-state index < -0.39 is 0 Å². The lowest BCUT2D eigenvalue weighted by atomic mass is 10.1. The van der Waals surface area contributed by atoms with Crippen LogP contribution in [0.3, 0.4) is 0 Å². The average molecular weight is 290 g/mol. The smallest absolute Gasteiger partial charge is 0.227 e. The number of aromatic nitrogens is 4. The topological polar surface area (TPSA) is 56.7 Å². The number of hydrogen-bond acceptors (Lipinski definition) is 4. The molecule has 108 valence electrons. The predicted molar refractivity (Wildman–Crippen MR) is 83.8 cm³/mol. The summed E-state index contributed by atoms with van der Waals surface area (Å²) in [6, 6.07) is 12.1. The standard InChI is InChI=1S/C17H14N4O/c1-11-3-4-13(7-12(11)2)17-20-15-6-5-14(8-16(15)22-17)21-9-18-19-10-21/h3-10H,1-2H3. The van der Waals surface area contributed by atoms with E-state index in [4.69, 9.17) is 4.42 Å². The molecule has 22 heavy (non-hydrogen) atoms. The molecule has 5 heteroatoms. The van der Waals surface area contributed by atoms with Gasteiger partial charge in [-0.25, -0.2) is 4.98 Å². The Balaban J connectivity index is 1.81. The van der Waals surface area contributed by atoms with Gasteiger partial charge in [-0.05, 0) is 49.2 Å². The Morgan fingerprint density at radius 2 is 1.73 bits per heavy atom. The van der Waals surface area contributed by atoms with E-state index in [2.05, 4.69) is 41.2 Å². The van der Waals surface area contributed by atoms with Gasteiger partial charge >= 0.3 is 0 Å². The molecule has 2 heterocycles. The van der Waals surface area contributed by atoms with Gasteiger partial charge < -0.3 is 4.42 Å². The van der Waals surface area contributed by atoms with Gasteiger partial charge in [0, 0.05) is 11.6 Å². The summed E-state index contributed by atoms with van der Waals surface area (Å²) in [6.07, 6.45) is 3.31. The maximum atomic E-state index is 5.92. The van der Waals surface area contributed by atoms with Gasteiger partial charge in [-0.15, -0.1) is 10.2 Å². The van der Waals surface area contributed by atoms with Crippen LogP contribution in [0.4, 0.5) is 0 Å². The number of oxazole rings is 1. The third kappa shape index (κ3) is 2.07. The van der Waals surface area contributed by atoms with Gasteiger partial charge in [-0.3, -0.25) is 4.57 Å². The first-order valence-electron chi connectivity index (χ1n) is 7.04. The Hall–Kier alpha value is -2.95. The van der Waals surface area contributed by atoms with Gasteiger partial charge in [0.1, 0.15) is 18.2 Å². The van der Waals surface area contributed by atoms with Gasteiger partial charge in [0.15, 0.2) is 5.58 Å². The van der Waals surface area contributed by atoms with Crippen LogP contribution in [0.1, 0.15) is 11.1 Å². The Bertz CT molecular complexity index is 954. The van der Waals surface area contributed by atoms with E-state index in [0.29, 0.717) is 5.89 Å². The summed E-state index contributed by atoms with van der Waals surface area (Å²) in [5.74, 6) is 0.638. The third-order valence-corrected chi connectivity index (χ3v) is 3.84. The minimum atomic E-state index is 0.638. The van der Waals surface area contributed by atoms with Crippen molar-refractivity contribution < 1.29 is 4.42 Å². The minimum Gasteiger partial charge on any atom is -0.436 e. The highest BCUT2D eigenvalue weighted by Crippen LogP contribution is 2.27. The van der Waals surface area contributed by atoms with Gasteiger partial charge in [0.25, 0.3) is 0 Å². The fourth-order valence-electron chi connectivity index (χ4n) is 2.41. The summed E-state index contributed by atoms with van der Waals surface area (Å²) in [7, 11) is 0. The number of fused-ring (bicyclic) bond motifs is 1. The van der Waals surface area contributed by atoms with Crippen molar-refractivity contribution in [3.8, 4) is 17.1 Å². The summed E-state index contributed by atoms with van der Waals surface area (Å²) in [5.41, 5.74) is 6.01. The number of rotatable bonds is 2. The molecule has 0 atom stereocenters. The van der Waals surface area contributed by atoms with Crippen molar-refractivity contribution in [1.82, 2.24) is 19.7 Å². The lowest BCUT2D eigenvalue weighted by molar-refractivity contribution is 0.619. The quantitative estimate of drug-likeness (QED) is 0.565. The Morgan fingerprint density at radius 1 is 0.909 bits per heavy atom. The van der Waals surface area contributed by atoms with E-state index >= 15 is 0 Å². The fourth-order valence-corrected chi connectivity index (χ4v) is 2.41. The number of nitrogens with zero attached hydrogens (tertiary/aromatic N) is 4. The number of benzene rings is 2. The largest absolute Gasteiger partial charge is 0.436 e. The lowest BCUT2D eigenvalue weighted by Gasteiger charge is -2.01. The predicted octanol–water partition coefficient (Wildman–Crippen LogP) is 3.69. The van der Waals surface area contributed by atoms with Crippen LogP contribution in [-0.2, 0) is 0 Å². The first-order valence-corrected chi connectivity index (χ1v) is 7.04. The van der Waals surface area contributed by atoms with E-state index in [-0.39, 0.29) is 0 Å². The molecule has 2 aromatic carbocycles. The Kier molecular flexibility index (Phi) is 2.79. The van der Waals surface area contributed by atoms with E-state index in [1.807, 2.05) is 28.8 Å². The molecular formula is C17H14N4O.